The van der Waals surface area contributed by atoms with Crippen LogP contribution in [0.4, 0.5) is 13.2 Å². The summed E-state index contributed by atoms with van der Waals surface area (Å²) in [5.41, 5.74) is 0.378. The Hall–Kier alpha value is -2.74. The summed E-state index contributed by atoms with van der Waals surface area (Å²) in [7, 11) is 0. The zero-order valence-corrected chi connectivity index (χ0v) is 13.6. The predicted octanol–water partition coefficient (Wildman–Crippen LogP) is 4.46. The van der Waals surface area contributed by atoms with Gasteiger partial charge in [0.15, 0.2) is 5.82 Å². The number of alkyl halides is 3. The molecule has 0 bridgehead atoms. The van der Waals surface area contributed by atoms with E-state index in [4.69, 9.17) is 0 Å². The molecule has 2 heterocycles. The van der Waals surface area contributed by atoms with Crippen molar-refractivity contribution in [3.63, 3.8) is 0 Å². The van der Waals surface area contributed by atoms with Crippen molar-refractivity contribution in [2.24, 2.45) is 0 Å². The number of rotatable bonds is 3. The topological polar surface area (TPSA) is 43.1 Å². The van der Waals surface area contributed by atoms with Crippen LogP contribution in [0.1, 0.15) is 17.0 Å². The quantitative estimate of drug-likeness (QED) is 0.542. The molecule has 0 fully saturated rings. The first-order valence-electron chi connectivity index (χ1n) is 7.44. The first kappa shape index (κ1) is 15.8. The van der Waals surface area contributed by atoms with Crippen LogP contribution in [0.2, 0.25) is 0 Å². The highest BCUT2D eigenvalue weighted by molar-refractivity contribution is 7.19. The van der Waals surface area contributed by atoms with Gasteiger partial charge in [0, 0.05) is 12.0 Å². The fourth-order valence-electron chi connectivity index (χ4n) is 2.57. The van der Waals surface area contributed by atoms with Crippen molar-refractivity contribution in [3.05, 3.63) is 71.5 Å². The van der Waals surface area contributed by atoms with Crippen molar-refractivity contribution in [2.75, 3.05) is 0 Å². The standard InChI is InChI=1S/C17H11F3N4S/c18-17(19,20)13-9-5-4-8-12(13)15-23-24-14(21-22-16(24)25-15)10-11-6-2-1-3-7-11/h1-9H,10H2. The molecule has 126 valence electrons. The highest BCUT2D eigenvalue weighted by Gasteiger charge is 2.34. The number of hydrogen-bond acceptors (Lipinski definition) is 4. The minimum atomic E-state index is -4.44. The minimum absolute atomic E-state index is 0.0520. The molecule has 4 aromatic rings. The molecule has 0 atom stereocenters. The zero-order chi connectivity index (χ0) is 17.4. The molecule has 0 aliphatic rings. The van der Waals surface area contributed by atoms with E-state index in [1.54, 1.807) is 6.07 Å². The van der Waals surface area contributed by atoms with Gasteiger partial charge in [0.25, 0.3) is 0 Å². The molecule has 25 heavy (non-hydrogen) atoms. The number of aromatic nitrogens is 4. The molecule has 0 amide bonds. The van der Waals surface area contributed by atoms with Gasteiger partial charge in [0.05, 0.1) is 5.56 Å². The van der Waals surface area contributed by atoms with E-state index in [9.17, 15) is 13.2 Å². The second-order valence-corrected chi connectivity index (χ2v) is 6.38. The Morgan fingerprint density at radius 2 is 1.64 bits per heavy atom. The molecule has 0 spiro atoms. The van der Waals surface area contributed by atoms with Gasteiger partial charge >= 0.3 is 6.18 Å². The van der Waals surface area contributed by atoms with Crippen molar-refractivity contribution in [1.82, 2.24) is 19.8 Å². The maximum atomic E-state index is 13.2. The summed E-state index contributed by atoms with van der Waals surface area (Å²) >= 11 is 1.09. The van der Waals surface area contributed by atoms with Gasteiger partial charge < -0.3 is 0 Å². The van der Waals surface area contributed by atoms with Crippen LogP contribution in [0.5, 0.6) is 0 Å². The van der Waals surface area contributed by atoms with E-state index in [0.717, 1.165) is 23.0 Å². The van der Waals surface area contributed by atoms with E-state index in [1.165, 1.54) is 16.6 Å². The monoisotopic (exact) mass is 360 g/mol. The van der Waals surface area contributed by atoms with Gasteiger partial charge in [-0.3, -0.25) is 0 Å². The molecule has 4 nitrogen and oxygen atoms in total. The van der Waals surface area contributed by atoms with Crippen molar-refractivity contribution in [1.29, 1.82) is 0 Å². The van der Waals surface area contributed by atoms with Crippen molar-refractivity contribution in [3.8, 4) is 10.6 Å². The van der Waals surface area contributed by atoms with Crippen molar-refractivity contribution >= 4 is 16.3 Å². The molecule has 2 aromatic heterocycles. The summed E-state index contributed by atoms with van der Waals surface area (Å²) in [5, 5.41) is 12.7. The normalized spacial score (nSPS) is 12.0. The van der Waals surface area contributed by atoms with E-state index in [2.05, 4.69) is 15.3 Å². The maximum absolute atomic E-state index is 13.2. The van der Waals surface area contributed by atoms with E-state index in [1.807, 2.05) is 30.3 Å². The molecule has 0 aliphatic heterocycles. The molecule has 4 rings (SSSR count). The van der Waals surface area contributed by atoms with Crippen LogP contribution in [0.15, 0.2) is 54.6 Å². The lowest BCUT2D eigenvalue weighted by Gasteiger charge is -2.10. The summed E-state index contributed by atoms with van der Waals surface area (Å²) in [6.07, 6.45) is -3.93. The van der Waals surface area contributed by atoms with Gasteiger partial charge in [0.1, 0.15) is 5.01 Å². The molecule has 2 aromatic carbocycles. The number of halogens is 3. The van der Waals surface area contributed by atoms with E-state index < -0.39 is 11.7 Å². The lowest BCUT2D eigenvalue weighted by molar-refractivity contribution is -0.137. The molecule has 0 aliphatic carbocycles. The number of hydrogen-bond donors (Lipinski definition) is 0. The third-order valence-electron chi connectivity index (χ3n) is 3.72. The van der Waals surface area contributed by atoms with Gasteiger partial charge in [-0.1, -0.05) is 59.9 Å². The summed E-state index contributed by atoms with van der Waals surface area (Å²) in [4.78, 5) is 0.470. The first-order chi connectivity index (χ1) is 12.0. The molecule has 8 heteroatoms. The second-order valence-electron chi connectivity index (χ2n) is 5.42. The highest BCUT2D eigenvalue weighted by Crippen LogP contribution is 2.38. The average molecular weight is 360 g/mol. The van der Waals surface area contributed by atoms with Crippen LogP contribution in [0.3, 0.4) is 0 Å². The van der Waals surface area contributed by atoms with Crippen LogP contribution in [-0.2, 0) is 12.6 Å². The fraction of sp³-hybridized carbons (Fsp3) is 0.118. The molecule has 0 saturated heterocycles. The fourth-order valence-corrected chi connectivity index (χ4v) is 3.47. The minimum Gasteiger partial charge on any atom is -0.187 e. The van der Waals surface area contributed by atoms with Crippen LogP contribution < -0.4 is 0 Å². The summed E-state index contributed by atoms with van der Waals surface area (Å²) in [6.45, 7) is 0. The third-order valence-corrected chi connectivity index (χ3v) is 4.66. The number of nitrogens with zero attached hydrogens (tertiary/aromatic N) is 4. The molecular weight excluding hydrogens is 349 g/mol. The predicted molar refractivity (Wildman–Crippen MR) is 88.3 cm³/mol. The lowest BCUT2D eigenvalue weighted by Crippen LogP contribution is -2.07. The number of fused-ring (bicyclic) bond motifs is 1. The highest BCUT2D eigenvalue weighted by atomic mass is 32.1. The van der Waals surface area contributed by atoms with Crippen molar-refractivity contribution in [2.45, 2.75) is 12.6 Å². The Morgan fingerprint density at radius 1 is 0.920 bits per heavy atom. The molecule has 0 unspecified atom stereocenters. The van der Waals surface area contributed by atoms with Crippen LogP contribution in [0, 0.1) is 0 Å². The van der Waals surface area contributed by atoms with E-state index in [0.29, 0.717) is 17.2 Å². The molecule has 0 saturated carbocycles. The van der Waals surface area contributed by atoms with Gasteiger partial charge in [-0.2, -0.15) is 22.8 Å². The SMILES string of the molecule is FC(F)(F)c1ccccc1-c1nn2c(Cc3ccccc3)nnc2s1. The number of benzene rings is 2. The summed E-state index contributed by atoms with van der Waals surface area (Å²) < 4.78 is 41.2. The molecular formula is C17H11F3N4S. The Bertz CT molecular complexity index is 1020. The Kier molecular flexibility index (Phi) is 3.76. The lowest BCUT2D eigenvalue weighted by atomic mass is 10.1. The van der Waals surface area contributed by atoms with Gasteiger partial charge in [0.2, 0.25) is 4.96 Å². The zero-order valence-electron chi connectivity index (χ0n) is 12.7. The second kappa shape index (κ2) is 5.96. The van der Waals surface area contributed by atoms with Crippen LogP contribution in [-0.4, -0.2) is 19.8 Å². The average Bonchev–Trinajstić information content (AvgIpc) is 3.17. The van der Waals surface area contributed by atoms with Crippen LogP contribution in [0.25, 0.3) is 15.5 Å². The third kappa shape index (κ3) is 3.00. The Morgan fingerprint density at radius 3 is 2.40 bits per heavy atom. The summed E-state index contributed by atoms with van der Waals surface area (Å²) in [6, 6.07) is 15.1. The molecule has 0 N–H and O–H groups in total. The van der Waals surface area contributed by atoms with E-state index >= 15 is 0 Å². The Labute approximate surface area is 144 Å². The largest absolute Gasteiger partial charge is 0.417 e. The summed E-state index contributed by atoms with van der Waals surface area (Å²) in [5.74, 6) is 0.591. The van der Waals surface area contributed by atoms with Gasteiger partial charge in [-0.05, 0) is 11.6 Å². The maximum Gasteiger partial charge on any atom is 0.417 e. The smallest absolute Gasteiger partial charge is 0.187 e. The first-order valence-corrected chi connectivity index (χ1v) is 8.25. The van der Waals surface area contributed by atoms with Crippen LogP contribution >= 0.6 is 11.3 Å². The van der Waals surface area contributed by atoms with Crippen molar-refractivity contribution < 1.29 is 13.2 Å². The van der Waals surface area contributed by atoms with Gasteiger partial charge in [-0.15, -0.1) is 10.2 Å². The van der Waals surface area contributed by atoms with Gasteiger partial charge in [-0.25, -0.2) is 0 Å². The molecule has 0 radical (unpaired) electrons. The Balaban J connectivity index is 1.77. The van der Waals surface area contributed by atoms with E-state index in [-0.39, 0.29) is 10.6 Å².